The van der Waals surface area contributed by atoms with Crippen molar-refractivity contribution in [2.75, 3.05) is 5.32 Å². The van der Waals surface area contributed by atoms with Crippen molar-refractivity contribution in [3.63, 3.8) is 0 Å². The van der Waals surface area contributed by atoms with Gasteiger partial charge in [-0.2, -0.15) is 0 Å². The molecular formula is C16H19BrN2O2. The first-order valence-electron chi connectivity index (χ1n) is 7.44. The number of nitrogens with zero attached hydrogens (tertiary/aromatic N) is 1. The molecule has 1 N–H and O–H groups in total. The minimum atomic E-state index is -0.424. The van der Waals surface area contributed by atoms with Crippen molar-refractivity contribution in [3.8, 4) is 0 Å². The van der Waals surface area contributed by atoms with E-state index in [1.807, 2.05) is 25.1 Å². The second-order valence-electron chi connectivity index (χ2n) is 5.96. The summed E-state index contributed by atoms with van der Waals surface area (Å²) in [6.07, 6.45) is 4.41. The van der Waals surface area contributed by atoms with Gasteiger partial charge < -0.3 is 5.32 Å². The number of amides is 2. The first-order valence-corrected chi connectivity index (χ1v) is 8.23. The molecule has 1 aromatic carbocycles. The molecule has 0 bridgehead atoms. The van der Waals surface area contributed by atoms with Crippen molar-refractivity contribution < 1.29 is 9.59 Å². The van der Waals surface area contributed by atoms with E-state index in [4.69, 9.17) is 0 Å². The van der Waals surface area contributed by atoms with E-state index >= 15 is 0 Å². The van der Waals surface area contributed by atoms with Crippen LogP contribution in [0.15, 0.2) is 22.7 Å². The van der Waals surface area contributed by atoms with Gasteiger partial charge in [0, 0.05) is 16.2 Å². The van der Waals surface area contributed by atoms with Crippen LogP contribution < -0.4 is 5.32 Å². The van der Waals surface area contributed by atoms with Gasteiger partial charge >= 0.3 is 0 Å². The third-order valence-electron chi connectivity index (χ3n) is 4.26. The molecule has 5 heteroatoms. The summed E-state index contributed by atoms with van der Waals surface area (Å²) in [5.74, 6) is -0.0966. The van der Waals surface area contributed by atoms with E-state index < -0.39 is 6.04 Å². The van der Waals surface area contributed by atoms with Crippen LogP contribution in [-0.2, 0) is 9.59 Å². The zero-order valence-corrected chi connectivity index (χ0v) is 13.6. The zero-order valence-electron chi connectivity index (χ0n) is 12.1. The maximum atomic E-state index is 12.5. The Morgan fingerprint density at radius 2 is 1.90 bits per heavy atom. The van der Waals surface area contributed by atoms with E-state index in [2.05, 4.69) is 21.2 Å². The van der Waals surface area contributed by atoms with Crippen molar-refractivity contribution in [1.29, 1.82) is 0 Å². The zero-order chi connectivity index (χ0) is 15.0. The molecule has 2 fully saturated rings. The summed E-state index contributed by atoms with van der Waals surface area (Å²) in [7, 11) is 0. The molecule has 4 nitrogen and oxygen atoms in total. The fraction of sp³-hybridized carbons (Fsp3) is 0.500. The van der Waals surface area contributed by atoms with Gasteiger partial charge in [0.2, 0.25) is 5.91 Å². The summed E-state index contributed by atoms with van der Waals surface area (Å²) in [6.45, 7) is 2.00. The average molecular weight is 351 g/mol. The Hall–Kier alpha value is -1.36. The van der Waals surface area contributed by atoms with E-state index in [1.54, 1.807) is 0 Å². The summed E-state index contributed by atoms with van der Waals surface area (Å²) >= 11 is 3.45. The molecule has 0 spiro atoms. The fourth-order valence-electron chi connectivity index (χ4n) is 3.33. The van der Waals surface area contributed by atoms with Crippen LogP contribution >= 0.6 is 15.9 Å². The van der Waals surface area contributed by atoms with Crippen LogP contribution in [0, 0.1) is 6.92 Å². The maximum absolute atomic E-state index is 12.5. The van der Waals surface area contributed by atoms with E-state index in [0.29, 0.717) is 0 Å². The van der Waals surface area contributed by atoms with Gasteiger partial charge in [-0.1, -0.05) is 28.8 Å². The van der Waals surface area contributed by atoms with Crippen molar-refractivity contribution in [3.05, 3.63) is 28.2 Å². The first kappa shape index (κ1) is 14.6. The summed E-state index contributed by atoms with van der Waals surface area (Å²) in [6, 6.07) is 5.63. The summed E-state index contributed by atoms with van der Waals surface area (Å²) < 4.78 is 0.967. The predicted molar refractivity (Wildman–Crippen MR) is 85.0 cm³/mol. The molecule has 1 aromatic rings. The van der Waals surface area contributed by atoms with Gasteiger partial charge in [-0.15, -0.1) is 0 Å². The minimum Gasteiger partial charge on any atom is -0.373 e. The summed E-state index contributed by atoms with van der Waals surface area (Å²) in [5, 5.41) is 3.21. The Morgan fingerprint density at radius 3 is 2.57 bits per heavy atom. The smallest absolute Gasteiger partial charge is 0.252 e. The Kier molecular flexibility index (Phi) is 4.02. The molecule has 3 rings (SSSR count). The van der Waals surface area contributed by atoms with Gasteiger partial charge in [-0.05, 0) is 43.5 Å². The Labute approximate surface area is 133 Å². The molecule has 1 saturated heterocycles. The highest BCUT2D eigenvalue weighted by molar-refractivity contribution is 9.10. The van der Waals surface area contributed by atoms with Crippen molar-refractivity contribution in [2.45, 2.75) is 51.1 Å². The highest BCUT2D eigenvalue weighted by Crippen LogP contribution is 2.29. The van der Waals surface area contributed by atoms with Crippen molar-refractivity contribution >= 4 is 33.4 Å². The van der Waals surface area contributed by atoms with Crippen LogP contribution in [0.1, 0.15) is 37.7 Å². The van der Waals surface area contributed by atoms with Gasteiger partial charge in [0.15, 0.2) is 0 Å². The third kappa shape index (κ3) is 2.98. The quantitative estimate of drug-likeness (QED) is 0.851. The largest absolute Gasteiger partial charge is 0.373 e. The van der Waals surface area contributed by atoms with Crippen molar-refractivity contribution in [1.82, 2.24) is 4.90 Å². The van der Waals surface area contributed by atoms with Crippen molar-refractivity contribution in [2.24, 2.45) is 0 Å². The number of hydrogen-bond donors (Lipinski definition) is 1. The number of imide groups is 1. The van der Waals surface area contributed by atoms with Gasteiger partial charge in [0.25, 0.3) is 5.91 Å². The number of hydrogen-bond acceptors (Lipinski definition) is 3. The average Bonchev–Trinajstić information content (AvgIpc) is 2.98. The molecule has 1 heterocycles. The maximum Gasteiger partial charge on any atom is 0.252 e. The molecule has 2 amide bonds. The molecule has 21 heavy (non-hydrogen) atoms. The number of benzene rings is 1. The monoisotopic (exact) mass is 350 g/mol. The second-order valence-corrected chi connectivity index (χ2v) is 6.87. The van der Waals surface area contributed by atoms with Gasteiger partial charge in [0.05, 0.1) is 6.42 Å². The number of carbonyl (C=O) groups excluding carboxylic acids is 2. The van der Waals surface area contributed by atoms with Crippen LogP contribution in [0.2, 0.25) is 0 Å². The number of anilines is 1. The normalized spacial score (nSPS) is 23.1. The molecule has 1 unspecified atom stereocenters. The lowest BCUT2D eigenvalue weighted by atomic mass is 10.2. The number of likely N-dealkylation sites (tertiary alicyclic amines) is 1. The molecule has 1 saturated carbocycles. The lowest BCUT2D eigenvalue weighted by Gasteiger charge is -2.22. The Morgan fingerprint density at radius 1 is 1.19 bits per heavy atom. The number of nitrogens with one attached hydrogen (secondary N) is 1. The molecule has 1 aliphatic heterocycles. The Balaban J connectivity index is 1.74. The number of aryl methyl sites for hydroxylation is 1. The van der Waals surface area contributed by atoms with Gasteiger partial charge in [0.1, 0.15) is 6.04 Å². The van der Waals surface area contributed by atoms with Gasteiger partial charge in [-0.25, -0.2) is 0 Å². The molecule has 112 valence electrons. The molecular weight excluding hydrogens is 332 g/mol. The minimum absolute atomic E-state index is 0.0314. The lowest BCUT2D eigenvalue weighted by Crippen LogP contribution is -2.40. The van der Waals surface area contributed by atoms with Crippen LogP contribution in [0.3, 0.4) is 0 Å². The Bertz CT molecular complexity index is 561. The second kappa shape index (κ2) is 5.79. The summed E-state index contributed by atoms with van der Waals surface area (Å²) in [5.41, 5.74) is 1.98. The molecule has 0 aromatic heterocycles. The number of carbonyl (C=O) groups is 2. The number of rotatable bonds is 3. The van der Waals surface area contributed by atoms with E-state index in [0.717, 1.165) is 41.4 Å². The molecule has 1 atom stereocenters. The molecule has 2 aliphatic rings. The standard InChI is InChI=1S/C16H19BrN2O2/c1-10-6-11(17)8-12(7-10)18-14-9-15(20)19(16(14)21)13-4-2-3-5-13/h6-8,13-14,18H,2-5,9H2,1H3. The highest BCUT2D eigenvalue weighted by atomic mass is 79.9. The van der Waals surface area contributed by atoms with Crippen LogP contribution in [0.25, 0.3) is 0 Å². The highest BCUT2D eigenvalue weighted by Gasteiger charge is 2.42. The van der Waals surface area contributed by atoms with Gasteiger partial charge in [-0.3, -0.25) is 14.5 Å². The summed E-state index contributed by atoms with van der Waals surface area (Å²) in [4.78, 5) is 26.2. The topological polar surface area (TPSA) is 49.4 Å². The predicted octanol–water partition coefficient (Wildman–Crippen LogP) is 3.24. The van der Waals surface area contributed by atoms with E-state index in [-0.39, 0.29) is 24.3 Å². The van der Waals surface area contributed by atoms with E-state index in [1.165, 1.54) is 4.90 Å². The third-order valence-corrected chi connectivity index (χ3v) is 4.71. The van der Waals surface area contributed by atoms with Crippen LogP contribution in [-0.4, -0.2) is 28.8 Å². The first-order chi connectivity index (χ1) is 10.0. The SMILES string of the molecule is Cc1cc(Br)cc(NC2CC(=O)N(C3CCCC3)C2=O)c1. The van der Waals surface area contributed by atoms with Crippen LogP contribution in [0.5, 0.6) is 0 Å². The number of halogens is 1. The van der Waals surface area contributed by atoms with E-state index in [9.17, 15) is 9.59 Å². The lowest BCUT2D eigenvalue weighted by molar-refractivity contribution is -0.141. The van der Waals surface area contributed by atoms with Crippen LogP contribution in [0.4, 0.5) is 5.69 Å². The fourth-order valence-corrected chi connectivity index (χ4v) is 3.94. The molecule has 0 radical (unpaired) electrons. The molecule has 1 aliphatic carbocycles.